The van der Waals surface area contributed by atoms with E-state index in [0.29, 0.717) is 12.1 Å². The number of hydrogen-bond acceptors (Lipinski definition) is 6. The fourth-order valence-corrected chi connectivity index (χ4v) is 1.93. The molecule has 0 saturated carbocycles. The van der Waals surface area contributed by atoms with Crippen LogP contribution in [0.1, 0.15) is 12.8 Å². The minimum Gasteiger partial charge on any atom is -0.481 e. The Labute approximate surface area is 106 Å². The van der Waals surface area contributed by atoms with Crippen LogP contribution in [0, 0.1) is 5.92 Å². The molecule has 18 heavy (non-hydrogen) atoms. The molecule has 0 spiro atoms. The van der Waals surface area contributed by atoms with Crippen LogP contribution in [0.5, 0.6) is 0 Å². The number of nitrogens with zero attached hydrogens (tertiary/aromatic N) is 1. The zero-order valence-electron chi connectivity index (χ0n) is 9.87. The van der Waals surface area contributed by atoms with Crippen molar-refractivity contribution in [1.29, 1.82) is 0 Å². The third-order valence-electron chi connectivity index (χ3n) is 2.09. The monoisotopic (exact) mass is 283 g/mol. The summed E-state index contributed by atoms with van der Waals surface area (Å²) in [6.07, 6.45) is 1.66. The average Bonchev–Trinajstić information content (AvgIpc) is 2.24. The summed E-state index contributed by atoms with van der Waals surface area (Å²) < 4.78 is 11.9. The summed E-state index contributed by atoms with van der Waals surface area (Å²) in [5.74, 6) is 3.36. The molecule has 0 rings (SSSR count). The molecule has 0 fully saturated rings. The predicted octanol–water partition coefficient (Wildman–Crippen LogP) is -0.291. The number of hydrogen-bond donors (Lipinski definition) is 5. The lowest BCUT2D eigenvalue weighted by Gasteiger charge is -2.20. The van der Waals surface area contributed by atoms with E-state index in [2.05, 4.69) is 0 Å². The number of alkyl halides is 1. The Morgan fingerprint density at radius 3 is 2.56 bits per heavy atom. The van der Waals surface area contributed by atoms with Crippen LogP contribution in [0.4, 0.5) is 4.39 Å². The number of carboxylic acid groups (broad SMARTS) is 1. The normalized spacial score (nSPS) is 13.7. The summed E-state index contributed by atoms with van der Waals surface area (Å²) in [5, 5.41) is 9.91. The van der Waals surface area contributed by atoms with Crippen molar-refractivity contribution in [2.75, 3.05) is 19.4 Å². The highest BCUT2D eigenvalue weighted by Crippen LogP contribution is 2.26. The lowest BCUT2D eigenvalue weighted by atomic mass is 10.2. The summed E-state index contributed by atoms with van der Waals surface area (Å²) >= 11 is 0. The van der Waals surface area contributed by atoms with Crippen LogP contribution >= 0.6 is 8.38 Å². The van der Waals surface area contributed by atoms with Crippen LogP contribution in [0.2, 0.25) is 0 Å². The van der Waals surface area contributed by atoms with E-state index in [1.807, 2.05) is 0 Å². The first-order chi connectivity index (χ1) is 8.36. The molecular weight excluding hydrogens is 264 g/mol. The molecule has 9 heteroatoms. The van der Waals surface area contributed by atoms with E-state index in [-0.39, 0.29) is 19.1 Å². The standard InChI is InChI=1S/C9H19FN3O4P/c10-3-1-2-8(11)5-13(12)4-7(9(14)15)6-18(16)17/h5,7,16-17H,1-4,6,11-12H2,(H,14,15)/b8-5-. The Hall–Kier alpha value is -0.950. The molecule has 0 radical (unpaired) electrons. The number of hydrazine groups is 1. The van der Waals surface area contributed by atoms with Gasteiger partial charge in [0, 0.05) is 24.6 Å². The zero-order valence-corrected chi connectivity index (χ0v) is 10.8. The summed E-state index contributed by atoms with van der Waals surface area (Å²) in [6.45, 7) is -0.595. The lowest BCUT2D eigenvalue weighted by Crippen LogP contribution is -2.36. The van der Waals surface area contributed by atoms with Crippen molar-refractivity contribution >= 4 is 14.3 Å². The van der Waals surface area contributed by atoms with Crippen molar-refractivity contribution in [2.24, 2.45) is 17.5 Å². The fraction of sp³-hybridized carbons (Fsp3) is 0.667. The van der Waals surface area contributed by atoms with Gasteiger partial charge in [-0.2, -0.15) is 0 Å². The number of carbonyl (C=O) groups is 1. The summed E-state index contributed by atoms with van der Waals surface area (Å²) in [5.41, 5.74) is 5.89. The second kappa shape index (κ2) is 9.04. The maximum Gasteiger partial charge on any atom is 0.308 e. The first-order valence-corrected chi connectivity index (χ1v) is 6.71. The highest BCUT2D eigenvalue weighted by atomic mass is 31.2. The van der Waals surface area contributed by atoms with Crippen molar-refractivity contribution in [2.45, 2.75) is 12.8 Å². The second-order valence-electron chi connectivity index (χ2n) is 3.78. The van der Waals surface area contributed by atoms with E-state index >= 15 is 0 Å². The summed E-state index contributed by atoms with van der Waals surface area (Å²) in [7, 11) is -2.30. The Balaban J connectivity index is 4.32. The quantitative estimate of drug-likeness (QED) is 0.223. The van der Waals surface area contributed by atoms with Gasteiger partial charge in [0.25, 0.3) is 0 Å². The molecule has 0 amide bonds. The molecule has 0 aromatic rings. The maximum absolute atomic E-state index is 11.9. The van der Waals surface area contributed by atoms with E-state index < -0.39 is 26.9 Å². The molecule has 0 aromatic carbocycles. The molecule has 0 aliphatic rings. The topological polar surface area (TPSA) is 133 Å². The zero-order chi connectivity index (χ0) is 14.1. The minimum absolute atomic E-state index is 0.106. The van der Waals surface area contributed by atoms with Crippen LogP contribution < -0.4 is 11.6 Å². The van der Waals surface area contributed by atoms with Gasteiger partial charge in [0.15, 0.2) is 8.38 Å². The highest BCUT2D eigenvalue weighted by Gasteiger charge is 2.22. The lowest BCUT2D eigenvalue weighted by molar-refractivity contribution is -0.141. The van der Waals surface area contributed by atoms with E-state index in [1.54, 1.807) is 0 Å². The first kappa shape index (κ1) is 17.1. The van der Waals surface area contributed by atoms with Crippen LogP contribution in [0.15, 0.2) is 11.9 Å². The van der Waals surface area contributed by atoms with Gasteiger partial charge in [-0.1, -0.05) is 0 Å². The third-order valence-corrected chi connectivity index (χ3v) is 2.86. The van der Waals surface area contributed by atoms with Crippen LogP contribution in [0.25, 0.3) is 0 Å². The molecule has 1 unspecified atom stereocenters. The summed E-state index contributed by atoms with van der Waals surface area (Å²) in [4.78, 5) is 28.4. The molecule has 0 aliphatic heterocycles. The molecule has 7 nitrogen and oxygen atoms in total. The molecule has 7 N–H and O–H groups in total. The van der Waals surface area contributed by atoms with Gasteiger partial charge in [-0.05, 0) is 12.8 Å². The molecule has 1 atom stereocenters. The largest absolute Gasteiger partial charge is 0.481 e. The molecule has 0 saturated heterocycles. The SMILES string of the molecule is N/C(=C\N(N)CC(CP(O)O)C(=O)O)CCCF. The van der Waals surface area contributed by atoms with Gasteiger partial charge < -0.3 is 25.6 Å². The first-order valence-electron chi connectivity index (χ1n) is 5.28. The van der Waals surface area contributed by atoms with Crippen molar-refractivity contribution < 1.29 is 24.1 Å². The van der Waals surface area contributed by atoms with Crippen LogP contribution in [-0.4, -0.2) is 45.3 Å². The van der Waals surface area contributed by atoms with Gasteiger partial charge in [0.2, 0.25) is 0 Å². The number of carboxylic acids is 1. The minimum atomic E-state index is -2.30. The van der Waals surface area contributed by atoms with Gasteiger partial charge in [-0.25, -0.2) is 5.84 Å². The molecule has 106 valence electrons. The van der Waals surface area contributed by atoms with Crippen LogP contribution in [-0.2, 0) is 4.79 Å². The Bertz CT molecular complexity index is 291. The number of nitrogens with two attached hydrogens (primary N) is 2. The smallest absolute Gasteiger partial charge is 0.308 e. The van der Waals surface area contributed by atoms with Gasteiger partial charge in [0.1, 0.15) is 0 Å². The fourth-order valence-electron chi connectivity index (χ4n) is 1.27. The highest BCUT2D eigenvalue weighted by molar-refractivity contribution is 7.45. The Kier molecular flexibility index (Phi) is 8.57. The maximum atomic E-state index is 11.9. The van der Waals surface area contributed by atoms with Gasteiger partial charge in [-0.15, -0.1) is 0 Å². The van der Waals surface area contributed by atoms with E-state index in [4.69, 9.17) is 26.5 Å². The second-order valence-corrected chi connectivity index (χ2v) is 4.89. The Morgan fingerprint density at radius 1 is 1.50 bits per heavy atom. The van der Waals surface area contributed by atoms with E-state index in [9.17, 15) is 9.18 Å². The molecule has 0 aromatic heterocycles. The third kappa shape index (κ3) is 8.19. The predicted molar refractivity (Wildman–Crippen MR) is 65.7 cm³/mol. The molecular formula is C9H19FN3O4P. The summed E-state index contributed by atoms with van der Waals surface area (Å²) in [6, 6.07) is 0. The number of halogens is 1. The van der Waals surface area contributed by atoms with Crippen molar-refractivity contribution in [3.63, 3.8) is 0 Å². The Morgan fingerprint density at radius 2 is 2.11 bits per heavy atom. The van der Waals surface area contributed by atoms with Crippen molar-refractivity contribution in [3.8, 4) is 0 Å². The van der Waals surface area contributed by atoms with Gasteiger partial charge in [0.05, 0.1) is 12.6 Å². The van der Waals surface area contributed by atoms with E-state index in [0.717, 1.165) is 5.01 Å². The molecule has 0 heterocycles. The molecule has 0 aliphatic carbocycles. The van der Waals surface area contributed by atoms with Crippen LogP contribution in [0.3, 0.4) is 0 Å². The van der Waals surface area contributed by atoms with Crippen molar-refractivity contribution in [3.05, 3.63) is 11.9 Å². The van der Waals surface area contributed by atoms with Gasteiger partial charge in [-0.3, -0.25) is 9.18 Å². The number of aliphatic carboxylic acids is 1. The molecule has 0 bridgehead atoms. The number of rotatable bonds is 9. The van der Waals surface area contributed by atoms with Gasteiger partial charge >= 0.3 is 5.97 Å². The average molecular weight is 283 g/mol. The number of allylic oxidation sites excluding steroid dienone is 1. The van der Waals surface area contributed by atoms with Crippen molar-refractivity contribution in [1.82, 2.24) is 5.01 Å². The van der Waals surface area contributed by atoms with E-state index in [1.165, 1.54) is 6.20 Å².